The van der Waals surface area contributed by atoms with E-state index in [9.17, 15) is 10.1 Å². The number of aromatic nitrogens is 4. The summed E-state index contributed by atoms with van der Waals surface area (Å²) < 4.78 is 7.45. The Morgan fingerprint density at radius 2 is 1.88 bits per heavy atom. The number of nitro groups is 1. The lowest BCUT2D eigenvalue weighted by molar-refractivity contribution is -0.384. The number of non-ortho nitro benzene ring substituents is 1. The number of morpholine rings is 1. The van der Waals surface area contributed by atoms with Gasteiger partial charge in [-0.3, -0.25) is 10.1 Å². The summed E-state index contributed by atoms with van der Waals surface area (Å²) in [4.78, 5) is 27.1. The molecular weight excluding hydrogens is 408 g/mol. The number of nitro benzene ring substituents is 1. The second kappa shape index (κ2) is 8.35. The van der Waals surface area contributed by atoms with Crippen LogP contribution in [-0.4, -0.2) is 50.7 Å². The Labute approximate surface area is 184 Å². The van der Waals surface area contributed by atoms with Gasteiger partial charge in [-0.25, -0.2) is 9.97 Å². The molecule has 1 fully saturated rings. The van der Waals surface area contributed by atoms with Crippen molar-refractivity contribution >= 4 is 22.8 Å². The van der Waals surface area contributed by atoms with E-state index in [1.807, 2.05) is 16.7 Å². The number of hydrogen-bond acceptors (Lipinski definition) is 7. The molecule has 1 aliphatic heterocycles. The molecule has 0 saturated carbocycles. The summed E-state index contributed by atoms with van der Waals surface area (Å²) in [6, 6.07) is 14.7. The summed E-state index contributed by atoms with van der Waals surface area (Å²) in [6.07, 6.45) is 1.75. The molecule has 0 spiro atoms. The first-order valence-electron chi connectivity index (χ1n) is 10.4. The van der Waals surface area contributed by atoms with Crippen molar-refractivity contribution in [3.05, 3.63) is 76.1 Å². The quantitative estimate of drug-likeness (QED) is 0.352. The third kappa shape index (κ3) is 3.90. The van der Waals surface area contributed by atoms with E-state index in [1.165, 1.54) is 12.1 Å². The Kier molecular flexibility index (Phi) is 5.24. The molecule has 0 amide bonds. The van der Waals surface area contributed by atoms with Gasteiger partial charge in [-0.15, -0.1) is 0 Å². The van der Waals surface area contributed by atoms with E-state index in [0.29, 0.717) is 25.7 Å². The van der Waals surface area contributed by atoms with Crippen molar-refractivity contribution < 1.29 is 9.66 Å². The lowest BCUT2D eigenvalue weighted by Crippen LogP contribution is -2.37. The zero-order chi connectivity index (χ0) is 22.1. The fourth-order valence-electron chi connectivity index (χ4n) is 3.87. The first-order chi connectivity index (χ1) is 15.6. The van der Waals surface area contributed by atoms with Gasteiger partial charge in [0.2, 0.25) is 5.95 Å². The first-order valence-corrected chi connectivity index (χ1v) is 10.4. The molecule has 2 aromatic heterocycles. The minimum Gasteiger partial charge on any atom is -0.378 e. The number of imidazole rings is 1. The molecule has 0 radical (unpaired) electrons. The Balaban J connectivity index is 1.60. The summed E-state index contributed by atoms with van der Waals surface area (Å²) in [5.41, 5.74) is 5.40. The molecule has 9 heteroatoms. The topological polar surface area (TPSA) is 99.2 Å². The van der Waals surface area contributed by atoms with Crippen LogP contribution in [0, 0.1) is 17.0 Å². The molecule has 2 aromatic carbocycles. The molecule has 0 bridgehead atoms. The highest BCUT2D eigenvalue weighted by Gasteiger charge is 2.20. The van der Waals surface area contributed by atoms with Gasteiger partial charge >= 0.3 is 0 Å². The SMILES string of the molecule is Cc1cccc(-c2nc(N3CCOCC3)nc3c2ncn3Cc2ccc([N+](=O)[O-])cc2)c1. The van der Waals surface area contributed by atoms with E-state index in [4.69, 9.17) is 14.7 Å². The normalized spacial score (nSPS) is 14.1. The van der Waals surface area contributed by atoms with E-state index in [-0.39, 0.29) is 5.69 Å². The highest BCUT2D eigenvalue weighted by atomic mass is 16.6. The predicted molar refractivity (Wildman–Crippen MR) is 121 cm³/mol. The van der Waals surface area contributed by atoms with Crippen LogP contribution >= 0.6 is 0 Å². The van der Waals surface area contributed by atoms with Crippen molar-refractivity contribution in [3.8, 4) is 11.3 Å². The summed E-state index contributed by atoms with van der Waals surface area (Å²) in [5.74, 6) is 0.655. The second-order valence-corrected chi connectivity index (χ2v) is 7.81. The van der Waals surface area contributed by atoms with E-state index in [2.05, 4.69) is 28.9 Å². The van der Waals surface area contributed by atoms with Gasteiger partial charge in [0.05, 0.1) is 31.0 Å². The highest BCUT2D eigenvalue weighted by Crippen LogP contribution is 2.29. The van der Waals surface area contributed by atoms with E-state index in [0.717, 1.165) is 46.6 Å². The molecule has 32 heavy (non-hydrogen) atoms. The number of nitrogens with zero attached hydrogens (tertiary/aromatic N) is 6. The summed E-state index contributed by atoms with van der Waals surface area (Å²) in [5, 5.41) is 10.9. The zero-order valence-corrected chi connectivity index (χ0v) is 17.6. The molecule has 0 N–H and O–H groups in total. The molecule has 0 atom stereocenters. The van der Waals surface area contributed by atoms with Crippen LogP contribution in [0.4, 0.5) is 11.6 Å². The highest BCUT2D eigenvalue weighted by molar-refractivity contribution is 5.88. The molecule has 162 valence electrons. The van der Waals surface area contributed by atoms with Crippen LogP contribution in [0.2, 0.25) is 0 Å². The van der Waals surface area contributed by atoms with E-state index >= 15 is 0 Å². The van der Waals surface area contributed by atoms with Crippen molar-refractivity contribution in [2.45, 2.75) is 13.5 Å². The smallest absolute Gasteiger partial charge is 0.269 e. The average Bonchev–Trinajstić information content (AvgIpc) is 3.22. The average molecular weight is 430 g/mol. The van der Waals surface area contributed by atoms with Crippen LogP contribution in [0.5, 0.6) is 0 Å². The van der Waals surface area contributed by atoms with E-state index in [1.54, 1.807) is 18.5 Å². The standard InChI is InChI=1S/C23H22N6O3/c1-16-3-2-4-18(13-16)20-21-22(26-23(25-20)27-9-11-32-12-10-27)28(15-24-21)14-17-5-7-19(8-6-17)29(30)31/h2-8,13,15H,9-12,14H2,1H3. The number of rotatable bonds is 5. The molecular formula is C23H22N6O3. The fraction of sp³-hybridized carbons (Fsp3) is 0.261. The third-order valence-corrected chi connectivity index (χ3v) is 5.54. The maximum atomic E-state index is 10.9. The van der Waals surface area contributed by atoms with Crippen LogP contribution in [0.15, 0.2) is 54.9 Å². The van der Waals surface area contributed by atoms with Crippen molar-refractivity contribution in [3.63, 3.8) is 0 Å². The molecule has 1 saturated heterocycles. The number of ether oxygens (including phenoxy) is 1. The third-order valence-electron chi connectivity index (χ3n) is 5.54. The van der Waals surface area contributed by atoms with E-state index < -0.39 is 4.92 Å². The number of benzene rings is 2. The van der Waals surface area contributed by atoms with Crippen LogP contribution in [-0.2, 0) is 11.3 Å². The van der Waals surface area contributed by atoms with Crippen molar-refractivity contribution in [2.24, 2.45) is 0 Å². The summed E-state index contributed by atoms with van der Waals surface area (Å²) in [7, 11) is 0. The molecule has 5 rings (SSSR count). The molecule has 1 aliphatic rings. The van der Waals surface area contributed by atoms with Gasteiger partial charge in [-0.1, -0.05) is 35.9 Å². The Morgan fingerprint density at radius 1 is 1.09 bits per heavy atom. The maximum absolute atomic E-state index is 10.9. The molecule has 9 nitrogen and oxygen atoms in total. The number of fused-ring (bicyclic) bond motifs is 1. The van der Waals surface area contributed by atoms with Crippen LogP contribution < -0.4 is 4.90 Å². The number of hydrogen-bond donors (Lipinski definition) is 0. The van der Waals surface area contributed by atoms with Gasteiger partial charge < -0.3 is 14.2 Å². The largest absolute Gasteiger partial charge is 0.378 e. The van der Waals surface area contributed by atoms with Gasteiger partial charge in [0.1, 0.15) is 11.2 Å². The molecule has 3 heterocycles. The minimum atomic E-state index is -0.396. The summed E-state index contributed by atoms with van der Waals surface area (Å²) in [6.45, 7) is 5.30. The Bertz CT molecular complexity index is 1280. The van der Waals surface area contributed by atoms with Crippen molar-refractivity contribution in [2.75, 3.05) is 31.2 Å². The monoisotopic (exact) mass is 430 g/mol. The zero-order valence-electron chi connectivity index (χ0n) is 17.6. The molecule has 0 aliphatic carbocycles. The van der Waals surface area contributed by atoms with Gasteiger partial charge in [0, 0.05) is 30.8 Å². The fourth-order valence-corrected chi connectivity index (χ4v) is 3.87. The van der Waals surface area contributed by atoms with Gasteiger partial charge in [-0.2, -0.15) is 4.98 Å². The molecule has 4 aromatic rings. The van der Waals surface area contributed by atoms with Crippen molar-refractivity contribution in [1.29, 1.82) is 0 Å². The van der Waals surface area contributed by atoms with Crippen LogP contribution in [0.25, 0.3) is 22.4 Å². The minimum absolute atomic E-state index is 0.0721. The second-order valence-electron chi connectivity index (χ2n) is 7.81. The first kappa shape index (κ1) is 20.1. The number of aryl methyl sites for hydroxylation is 1. The summed E-state index contributed by atoms with van der Waals surface area (Å²) >= 11 is 0. The van der Waals surface area contributed by atoms with Crippen LogP contribution in [0.1, 0.15) is 11.1 Å². The van der Waals surface area contributed by atoms with Gasteiger partial charge in [-0.05, 0) is 18.6 Å². The predicted octanol–water partition coefficient (Wildman–Crippen LogP) is 3.59. The van der Waals surface area contributed by atoms with Crippen LogP contribution in [0.3, 0.4) is 0 Å². The van der Waals surface area contributed by atoms with Crippen molar-refractivity contribution in [1.82, 2.24) is 19.5 Å². The Hall–Kier alpha value is -3.85. The number of anilines is 1. The van der Waals surface area contributed by atoms with Gasteiger partial charge in [0.15, 0.2) is 5.65 Å². The van der Waals surface area contributed by atoms with Gasteiger partial charge in [0.25, 0.3) is 5.69 Å². The maximum Gasteiger partial charge on any atom is 0.269 e. The lowest BCUT2D eigenvalue weighted by Gasteiger charge is -2.27. The lowest BCUT2D eigenvalue weighted by atomic mass is 10.1. The Morgan fingerprint density at radius 3 is 2.59 bits per heavy atom. The molecule has 0 unspecified atom stereocenters.